The Morgan fingerprint density at radius 1 is 0.968 bits per heavy atom. The Hall–Kier alpha value is -4.00. The van der Waals surface area contributed by atoms with E-state index in [9.17, 15) is 18.8 Å². The standard InChI is InChI=1S/C24H19FN2O4/c1-31-21-12-11-16(14-19(21)25)26-22(28)20(13-15-7-3-2-4-8-15)27-23(29)17-9-5-6-10-18(17)24(27)30/h2-12,14,20H,13H2,1H3,(H,26,28). The number of ether oxygens (including phenoxy) is 1. The predicted octanol–water partition coefficient (Wildman–Crippen LogP) is 3.68. The van der Waals surface area contributed by atoms with Crippen molar-refractivity contribution in [2.75, 3.05) is 12.4 Å². The van der Waals surface area contributed by atoms with E-state index in [4.69, 9.17) is 4.74 Å². The molecule has 0 aromatic heterocycles. The Bertz CT molecular complexity index is 1130. The van der Waals surface area contributed by atoms with Crippen molar-refractivity contribution >= 4 is 23.4 Å². The van der Waals surface area contributed by atoms with Gasteiger partial charge in [-0.15, -0.1) is 0 Å². The maximum Gasteiger partial charge on any atom is 0.262 e. The second kappa shape index (κ2) is 8.39. The number of imide groups is 1. The van der Waals surface area contributed by atoms with Crippen LogP contribution in [0.3, 0.4) is 0 Å². The molecule has 1 aliphatic heterocycles. The van der Waals surface area contributed by atoms with Crippen LogP contribution >= 0.6 is 0 Å². The van der Waals surface area contributed by atoms with Crippen molar-refractivity contribution in [2.45, 2.75) is 12.5 Å². The van der Waals surface area contributed by atoms with Gasteiger partial charge in [0.05, 0.1) is 18.2 Å². The molecule has 4 rings (SSSR count). The number of nitrogens with zero attached hydrogens (tertiary/aromatic N) is 1. The number of fused-ring (bicyclic) bond motifs is 1. The van der Waals surface area contributed by atoms with Gasteiger partial charge in [0.2, 0.25) is 5.91 Å². The van der Waals surface area contributed by atoms with Gasteiger partial charge < -0.3 is 10.1 Å². The number of amides is 3. The summed E-state index contributed by atoms with van der Waals surface area (Å²) in [4.78, 5) is 40.1. The number of rotatable bonds is 6. The Balaban J connectivity index is 1.66. The van der Waals surface area contributed by atoms with Crippen LogP contribution in [-0.4, -0.2) is 35.8 Å². The number of carbonyl (C=O) groups is 3. The summed E-state index contributed by atoms with van der Waals surface area (Å²) < 4.78 is 18.9. The summed E-state index contributed by atoms with van der Waals surface area (Å²) >= 11 is 0. The van der Waals surface area contributed by atoms with Gasteiger partial charge in [0.25, 0.3) is 11.8 Å². The monoisotopic (exact) mass is 418 g/mol. The fourth-order valence-corrected chi connectivity index (χ4v) is 3.60. The third kappa shape index (κ3) is 3.90. The number of anilines is 1. The normalized spacial score (nSPS) is 13.7. The summed E-state index contributed by atoms with van der Waals surface area (Å²) in [6.45, 7) is 0. The molecule has 0 aliphatic carbocycles. The maximum atomic E-state index is 14.1. The molecule has 1 atom stereocenters. The second-order valence-corrected chi connectivity index (χ2v) is 7.07. The van der Waals surface area contributed by atoms with Gasteiger partial charge in [0.15, 0.2) is 11.6 Å². The highest BCUT2D eigenvalue weighted by Gasteiger charge is 2.42. The number of hydrogen-bond acceptors (Lipinski definition) is 4. The Labute approximate surface area is 178 Å². The molecule has 0 bridgehead atoms. The van der Waals surface area contributed by atoms with Crippen molar-refractivity contribution < 1.29 is 23.5 Å². The molecule has 7 heteroatoms. The first-order valence-electron chi connectivity index (χ1n) is 9.65. The second-order valence-electron chi connectivity index (χ2n) is 7.07. The lowest BCUT2D eigenvalue weighted by Gasteiger charge is -2.25. The van der Waals surface area contributed by atoms with Crippen molar-refractivity contribution in [3.63, 3.8) is 0 Å². The van der Waals surface area contributed by atoms with E-state index in [2.05, 4.69) is 5.32 Å². The topological polar surface area (TPSA) is 75.7 Å². The van der Waals surface area contributed by atoms with E-state index < -0.39 is 29.6 Å². The van der Waals surface area contributed by atoms with Crippen LogP contribution < -0.4 is 10.1 Å². The molecule has 6 nitrogen and oxygen atoms in total. The first kappa shape index (κ1) is 20.3. The highest BCUT2D eigenvalue weighted by molar-refractivity contribution is 6.23. The predicted molar refractivity (Wildman–Crippen MR) is 112 cm³/mol. The van der Waals surface area contributed by atoms with Gasteiger partial charge in [-0.05, 0) is 29.8 Å². The average Bonchev–Trinajstić information content (AvgIpc) is 3.03. The molecule has 3 aromatic rings. The quantitative estimate of drug-likeness (QED) is 0.620. The van der Waals surface area contributed by atoms with E-state index in [1.807, 2.05) is 30.3 Å². The summed E-state index contributed by atoms with van der Waals surface area (Å²) in [7, 11) is 1.34. The molecular weight excluding hydrogens is 399 g/mol. The largest absolute Gasteiger partial charge is 0.494 e. The summed E-state index contributed by atoms with van der Waals surface area (Å²) in [5.74, 6) is -2.25. The van der Waals surface area contributed by atoms with Crippen molar-refractivity contribution in [3.05, 3.63) is 95.3 Å². The lowest BCUT2D eigenvalue weighted by atomic mass is 10.0. The van der Waals surface area contributed by atoms with Crippen LogP contribution in [0.1, 0.15) is 26.3 Å². The molecular formula is C24H19FN2O4. The number of benzene rings is 3. The van der Waals surface area contributed by atoms with E-state index in [0.29, 0.717) is 0 Å². The summed E-state index contributed by atoms with van der Waals surface area (Å²) in [5, 5.41) is 2.62. The molecule has 1 aliphatic rings. The number of nitrogens with one attached hydrogen (secondary N) is 1. The van der Waals surface area contributed by atoms with E-state index in [0.717, 1.165) is 16.5 Å². The smallest absolute Gasteiger partial charge is 0.262 e. The highest BCUT2D eigenvalue weighted by Crippen LogP contribution is 2.27. The third-order valence-electron chi connectivity index (χ3n) is 5.13. The average molecular weight is 418 g/mol. The van der Waals surface area contributed by atoms with Crippen LogP contribution in [-0.2, 0) is 11.2 Å². The summed E-state index contributed by atoms with van der Waals surface area (Å²) in [5.41, 5.74) is 1.49. The number of methoxy groups -OCH3 is 1. The fourth-order valence-electron chi connectivity index (χ4n) is 3.60. The highest BCUT2D eigenvalue weighted by atomic mass is 19.1. The van der Waals surface area contributed by atoms with Crippen LogP contribution in [0, 0.1) is 5.82 Å². The van der Waals surface area contributed by atoms with E-state index in [1.165, 1.54) is 19.2 Å². The lowest BCUT2D eigenvalue weighted by Crippen LogP contribution is -2.48. The van der Waals surface area contributed by atoms with Gasteiger partial charge in [-0.1, -0.05) is 42.5 Å². The Kier molecular flexibility index (Phi) is 5.49. The van der Waals surface area contributed by atoms with Gasteiger partial charge in [-0.2, -0.15) is 0 Å². The Morgan fingerprint density at radius 2 is 1.58 bits per heavy atom. The summed E-state index contributed by atoms with van der Waals surface area (Å²) in [6.07, 6.45) is 0.122. The SMILES string of the molecule is COc1ccc(NC(=O)C(Cc2ccccc2)N2C(=O)c3ccccc3C2=O)cc1F. The molecule has 0 saturated heterocycles. The van der Waals surface area contributed by atoms with Gasteiger partial charge in [0.1, 0.15) is 6.04 Å². The molecule has 1 unspecified atom stereocenters. The van der Waals surface area contributed by atoms with Gasteiger partial charge >= 0.3 is 0 Å². The van der Waals surface area contributed by atoms with Crippen molar-refractivity contribution in [2.24, 2.45) is 0 Å². The minimum absolute atomic E-state index is 0.0409. The van der Waals surface area contributed by atoms with Gasteiger partial charge in [0, 0.05) is 18.2 Å². The molecule has 31 heavy (non-hydrogen) atoms. The summed E-state index contributed by atoms with van der Waals surface area (Å²) in [6, 6.07) is 18.4. The van der Waals surface area contributed by atoms with E-state index >= 15 is 0 Å². The first-order valence-corrected chi connectivity index (χ1v) is 9.65. The molecule has 0 fully saturated rings. The first-order chi connectivity index (χ1) is 15.0. The molecule has 156 valence electrons. The molecule has 0 spiro atoms. The zero-order chi connectivity index (χ0) is 22.0. The van der Waals surface area contributed by atoms with E-state index in [1.54, 1.807) is 24.3 Å². The lowest BCUT2D eigenvalue weighted by molar-refractivity contribution is -0.119. The molecule has 3 amide bonds. The van der Waals surface area contributed by atoms with Crippen LogP contribution in [0.25, 0.3) is 0 Å². The minimum atomic E-state index is -1.11. The molecule has 1 heterocycles. The zero-order valence-electron chi connectivity index (χ0n) is 16.7. The Morgan fingerprint density at radius 3 is 2.16 bits per heavy atom. The third-order valence-corrected chi connectivity index (χ3v) is 5.13. The fraction of sp³-hybridized carbons (Fsp3) is 0.125. The molecule has 3 aromatic carbocycles. The van der Waals surface area contributed by atoms with Crippen LogP contribution in [0.5, 0.6) is 5.75 Å². The van der Waals surface area contributed by atoms with Crippen molar-refractivity contribution in [1.29, 1.82) is 0 Å². The van der Waals surface area contributed by atoms with Crippen LogP contribution in [0.4, 0.5) is 10.1 Å². The van der Waals surface area contributed by atoms with E-state index in [-0.39, 0.29) is 29.0 Å². The van der Waals surface area contributed by atoms with Gasteiger partial charge in [-0.25, -0.2) is 4.39 Å². The van der Waals surface area contributed by atoms with Gasteiger partial charge in [-0.3, -0.25) is 19.3 Å². The van der Waals surface area contributed by atoms with Crippen LogP contribution in [0.2, 0.25) is 0 Å². The zero-order valence-corrected chi connectivity index (χ0v) is 16.7. The minimum Gasteiger partial charge on any atom is -0.494 e. The molecule has 0 saturated carbocycles. The maximum absolute atomic E-state index is 14.1. The number of carbonyl (C=O) groups excluding carboxylic acids is 3. The van der Waals surface area contributed by atoms with Crippen molar-refractivity contribution in [3.8, 4) is 5.75 Å². The number of halogens is 1. The van der Waals surface area contributed by atoms with Crippen molar-refractivity contribution in [1.82, 2.24) is 4.90 Å². The molecule has 1 N–H and O–H groups in total. The molecule has 0 radical (unpaired) electrons. The number of hydrogen-bond donors (Lipinski definition) is 1. The van der Waals surface area contributed by atoms with Crippen LogP contribution in [0.15, 0.2) is 72.8 Å².